The summed E-state index contributed by atoms with van der Waals surface area (Å²) in [6, 6.07) is 0. The Morgan fingerprint density at radius 3 is 2.44 bits per heavy atom. The second-order valence-electron chi connectivity index (χ2n) is 6.54. The second-order valence-corrected chi connectivity index (χ2v) is 7.76. The van der Waals surface area contributed by atoms with Gasteiger partial charge in [-0.05, 0) is 51.8 Å². The summed E-state index contributed by atoms with van der Waals surface area (Å²) in [6.45, 7) is 7.55. The molecule has 1 aliphatic heterocycles. The fraction of sp³-hybridized carbons (Fsp3) is 0.632. The predicted molar refractivity (Wildman–Crippen MR) is 104 cm³/mol. The quantitative estimate of drug-likeness (QED) is 0.713. The summed E-state index contributed by atoms with van der Waals surface area (Å²) in [7, 11) is 1.40. The number of carbonyl (C=O) groups excluding carboxylic acids is 3. The highest BCUT2D eigenvalue weighted by Crippen LogP contribution is 2.34. The molecule has 150 valence electrons. The van der Waals surface area contributed by atoms with Gasteiger partial charge in [0.2, 0.25) is 5.91 Å². The van der Waals surface area contributed by atoms with Gasteiger partial charge in [0.15, 0.2) is 0 Å². The van der Waals surface area contributed by atoms with Crippen LogP contribution in [0.25, 0.3) is 0 Å². The normalized spacial score (nSPS) is 15.4. The number of nitrogens with one attached hydrogen (secondary N) is 1. The zero-order valence-electron chi connectivity index (χ0n) is 16.4. The van der Waals surface area contributed by atoms with E-state index in [0.29, 0.717) is 49.5 Å². The average molecular weight is 397 g/mol. The smallest absolute Gasteiger partial charge is 0.341 e. The van der Waals surface area contributed by atoms with Crippen molar-refractivity contribution in [2.75, 3.05) is 38.7 Å². The van der Waals surface area contributed by atoms with Crippen molar-refractivity contribution in [1.82, 2.24) is 4.90 Å². The van der Waals surface area contributed by atoms with Crippen LogP contribution >= 0.6 is 11.3 Å². The molecule has 1 aromatic heterocycles. The maximum Gasteiger partial charge on any atom is 0.341 e. The number of likely N-dealkylation sites (tertiary alicyclic amines) is 1. The molecule has 0 bridgehead atoms. The van der Waals surface area contributed by atoms with Gasteiger partial charge in [0.1, 0.15) is 5.00 Å². The van der Waals surface area contributed by atoms with E-state index in [0.717, 1.165) is 10.4 Å². The molecule has 2 heterocycles. The fourth-order valence-electron chi connectivity index (χ4n) is 3.37. The third-order valence-corrected chi connectivity index (χ3v) is 5.85. The number of piperidine rings is 1. The van der Waals surface area contributed by atoms with Crippen molar-refractivity contribution in [2.24, 2.45) is 5.92 Å². The number of methoxy groups -OCH3 is 1. The van der Waals surface area contributed by atoms with Crippen LogP contribution in [0.5, 0.6) is 0 Å². The summed E-state index contributed by atoms with van der Waals surface area (Å²) in [5, 5.41) is 3.44. The first-order chi connectivity index (χ1) is 12.9. The number of nitrogens with zero attached hydrogens (tertiary/aromatic N) is 1. The van der Waals surface area contributed by atoms with Gasteiger partial charge in [0.25, 0.3) is 0 Å². The van der Waals surface area contributed by atoms with Gasteiger partial charge in [0.05, 0.1) is 31.7 Å². The number of hydrogen-bond acceptors (Lipinski definition) is 7. The number of hydrogen-bond donors (Lipinski definition) is 1. The van der Waals surface area contributed by atoms with Gasteiger partial charge in [0, 0.05) is 4.88 Å². The van der Waals surface area contributed by atoms with Gasteiger partial charge >= 0.3 is 11.9 Å². The van der Waals surface area contributed by atoms with Crippen LogP contribution in [0.4, 0.5) is 5.00 Å². The number of thiophene rings is 1. The van der Waals surface area contributed by atoms with Crippen molar-refractivity contribution in [3.63, 3.8) is 0 Å². The van der Waals surface area contributed by atoms with Crippen molar-refractivity contribution < 1.29 is 23.9 Å². The number of aryl methyl sites for hydroxylation is 1. The molecule has 1 fully saturated rings. The largest absolute Gasteiger partial charge is 0.469 e. The number of ether oxygens (including phenoxy) is 2. The molecule has 0 aliphatic carbocycles. The van der Waals surface area contributed by atoms with E-state index in [1.807, 2.05) is 18.7 Å². The monoisotopic (exact) mass is 396 g/mol. The van der Waals surface area contributed by atoms with E-state index < -0.39 is 5.97 Å². The minimum Gasteiger partial charge on any atom is -0.469 e. The van der Waals surface area contributed by atoms with Crippen molar-refractivity contribution >= 4 is 34.2 Å². The Balaban J connectivity index is 2.00. The number of anilines is 1. The van der Waals surface area contributed by atoms with Gasteiger partial charge < -0.3 is 14.8 Å². The first-order valence-electron chi connectivity index (χ1n) is 9.30. The van der Waals surface area contributed by atoms with Gasteiger partial charge in [-0.15, -0.1) is 11.3 Å². The van der Waals surface area contributed by atoms with E-state index in [9.17, 15) is 14.4 Å². The first kappa shape index (κ1) is 21.4. The molecule has 2 rings (SSSR count). The summed E-state index contributed by atoms with van der Waals surface area (Å²) in [5.41, 5.74) is 1.40. The Kier molecular flexibility index (Phi) is 7.79. The molecule has 0 unspecified atom stereocenters. The SMILES string of the molecule is CCOC(=O)c1c(NC(=O)CN2CCC(C(=O)OC)CC2)sc(C)c1CC. The first-order valence-corrected chi connectivity index (χ1v) is 10.1. The minimum atomic E-state index is -0.395. The van der Waals surface area contributed by atoms with E-state index in [2.05, 4.69) is 5.32 Å². The Morgan fingerprint density at radius 2 is 1.89 bits per heavy atom. The van der Waals surface area contributed by atoms with Crippen LogP contribution in [0, 0.1) is 12.8 Å². The second kappa shape index (κ2) is 9.85. The molecule has 0 spiro atoms. The molecule has 1 N–H and O–H groups in total. The molecule has 1 aliphatic rings. The lowest BCUT2D eigenvalue weighted by Crippen LogP contribution is -2.41. The molecule has 1 aromatic rings. The summed E-state index contributed by atoms with van der Waals surface area (Å²) in [6.07, 6.45) is 2.08. The molecule has 0 atom stereocenters. The molecule has 0 saturated carbocycles. The van der Waals surface area contributed by atoms with E-state index in [4.69, 9.17) is 9.47 Å². The van der Waals surface area contributed by atoms with Crippen molar-refractivity contribution in [2.45, 2.75) is 40.0 Å². The van der Waals surface area contributed by atoms with Crippen molar-refractivity contribution in [1.29, 1.82) is 0 Å². The zero-order chi connectivity index (χ0) is 20.0. The fourth-order valence-corrected chi connectivity index (χ4v) is 4.52. The summed E-state index contributed by atoms with van der Waals surface area (Å²) in [5.74, 6) is -0.829. The van der Waals surface area contributed by atoms with Crippen LogP contribution in [-0.2, 0) is 25.5 Å². The number of rotatable bonds is 7. The topological polar surface area (TPSA) is 84.9 Å². The van der Waals surface area contributed by atoms with Crippen molar-refractivity contribution in [3.05, 3.63) is 16.0 Å². The molecule has 1 saturated heterocycles. The van der Waals surface area contributed by atoms with Gasteiger partial charge in [-0.25, -0.2) is 4.79 Å². The zero-order valence-corrected chi connectivity index (χ0v) is 17.2. The predicted octanol–water partition coefficient (Wildman–Crippen LogP) is 2.62. The maximum atomic E-state index is 12.5. The van der Waals surface area contributed by atoms with E-state index in [-0.39, 0.29) is 24.3 Å². The highest BCUT2D eigenvalue weighted by Gasteiger charge is 2.27. The van der Waals surface area contributed by atoms with Crippen LogP contribution < -0.4 is 5.32 Å². The Hall–Kier alpha value is -1.93. The van der Waals surface area contributed by atoms with E-state index >= 15 is 0 Å². The molecular formula is C19H28N2O5S. The Bertz CT molecular complexity index is 693. The molecule has 27 heavy (non-hydrogen) atoms. The Morgan fingerprint density at radius 1 is 1.22 bits per heavy atom. The van der Waals surface area contributed by atoms with Crippen LogP contribution in [0.3, 0.4) is 0 Å². The number of esters is 2. The van der Waals surface area contributed by atoms with Crippen LogP contribution in [0.2, 0.25) is 0 Å². The van der Waals surface area contributed by atoms with Gasteiger partial charge in [-0.2, -0.15) is 0 Å². The third-order valence-electron chi connectivity index (χ3n) is 4.78. The molecule has 1 amide bonds. The standard InChI is InChI=1S/C19H28N2O5S/c1-5-14-12(3)27-17(16(14)19(24)26-6-2)20-15(22)11-21-9-7-13(8-10-21)18(23)25-4/h13H,5-11H2,1-4H3,(H,20,22). The minimum absolute atomic E-state index is 0.0863. The molecule has 8 heteroatoms. The maximum absolute atomic E-state index is 12.5. The van der Waals surface area contributed by atoms with E-state index in [1.165, 1.54) is 18.4 Å². The van der Waals surface area contributed by atoms with Crippen molar-refractivity contribution in [3.8, 4) is 0 Å². The lowest BCUT2D eigenvalue weighted by molar-refractivity contribution is -0.147. The lowest BCUT2D eigenvalue weighted by atomic mass is 9.97. The van der Waals surface area contributed by atoms with Crippen LogP contribution in [0.15, 0.2) is 0 Å². The van der Waals surface area contributed by atoms with Gasteiger partial charge in [-0.3, -0.25) is 14.5 Å². The summed E-state index contributed by atoms with van der Waals surface area (Å²) < 4.78 is 9.95. The van der Waals surface area contributed by atoms with Crippen LogP contribution in [0.1, 0.15) is 47.5 Å². The summed E-state index contributed by atoms with van der Waals surface area (Å²) in [4.78, 5) is 39.5. The highest BCUT2D eigenvalue weighted by atomic mass is 32.1. The third kappa shape index (κ3) is 5.29. The average Bonchev–Trinajstić information content (AvgIpc) is 2.96. The Labute approximate surface area is 164 Å². The molecular weight excluding hydrogens is 368 g/mol. The summed E-state index contributed by atoms with van der Waals surface area (Å²) >= 11 is 1.40. The molecule has 7 nitrogen and oxygen atoms in total. The van der Waals surface area contributed by atoms with E-state index in [1.54, 1.807) is 6.92 Å². The highest BCUT2D eigenvalue weighted by molar-refractivity contribution is 7.16. The molecule has 0 radical (unpaired) electrons. The lowest BCUT2D eigenvalue weighted by Gasteiger charge is -2.29. The molecule has 0 aromatic carbocycles. The van der Waals surface area contributed by atoms with Crippen LogP contribution in [-0.4, -0.2) is 56.1 Å². The number of amides is 1. The van der Waals surface area contributed by atoms with Gasteiger partial charge in [-0.1, -0.05) is 6.92 Å². The number of carbonyl (C=O) groups is 3.